The number of methoxy groups -OCH3 is 1. The van der Waals surface area contributed by atoms with E-state index in [0.717, 1.165) is 19.6 Å². The molecule has 1 aliphatic rings. The first-order chi connectivity index (χ1) is 6.63. The summed E-state index contributed by atoms with van der Waals surface area (Å²) < 4.78 is 16.6. The summed E-state index contributed by atoms with van der Waals surface area (Å²) in [5.74, 6) is 0.424. The molecule has 1 rings (SSSR count). The van der Waals surface area contributed by atoms with E-state index in [9.17, 15) is 0 Å². The molecule has 0 aromatic heterocycles. The van der Waals surface area contributed by atoms with Gasteiger partial charge < -0.3 is 14.0 Å². The van der Waals surface area contributed by atoms with Crippen LogP contribution in [0.5, 0.6) is 0 Å². The van der Waals surface area contributed by atoms with Gasteiger partial charge in [0.25, 0.3) is 0 Å². The topological polar surface area (TPSA) is 27.7 Å². The SMILES string of the molecule is CCC1(COC)COB(C(C)C)OC1. The fourth-order valence-electron chi connectivity index (χ4n) is 1.69. The highest BCUT2D eigenvalue weighted by atomic mass is 16.6. The average molecular weight is 200 g/mol. The fourth-order valence-corrected chi connectivity index (χ4v) is 1.69. The summed E-state index contributed by atoms with van der Waals surface area (Å²) >= 11 is 0. The highest BCUT2D eigenvalue weighted by Crippen LogP contribution is 2.30. The van der Waals surface area contributed by atoms with Crippen molar-refractivity contribution in [3.8, 4) is 0 Å². The van der Waals surface area contributed by atoms with Crippen LogP contribution < -0.4 is 0 Å². The number of hydrogen-bond donors (Lipinski definition) is 0. The molecule has 0 bridgehead atoms. The molecular weight excluding hydrogens is 179 g/mol. The molecule has 3 nitrogen and oxygen atoms in total. The molecule has 0 unspecified atom stereocenters. The molecule has 0 atom stereocenters. The summed E-state index contributed by atoms with van der Waals surface area (Å²) in [5.41, 5.74) is 0.0696. The Morgan fingerprint density at radius 1 is 1.36 bits per heavy atom. The van der Waals surface area contributed by atoms with E-state index in [1.54, 1.807) is 7.11 Å². The molecule has 0 saturated carbocycles. The van der Waals surface area contributed by atoms with E-state index in [4.69, 9.17) is 14.0 Å². The zero-order valence-electron chi connectivity index (χ0n) is 9.71. The molecule has 0 aliphatic carbocycles. The van der Waals surface area contributed by atoms with Gasteiger partial charge in [0.15, 0.2) is 0 Å². The van der Waals surface area contributed by atoms with E-state index in [-0.39, 0.29) is 12.5 Å². The Hall–Kier alpha value is -0.0551. The Morgan fingerprint density at radius 2 is 1.93 bits per heavy atom. The van der Waals surface area contributed by atoms with Crippen molar-refractivity contribution >= 4 is 7.12 Å². The van der Waals surface area contributed by atoms with Crippen molar-refractivity contribution in [2.75, 3.05) is 26.9 Å². The summed E-state index contributed by atoms with van der Waals surface area (Å²) in [6, 6.07) is 0. The van der Waals surface area contributed by atoms with Crippen LogP contribution in [0.1, 0.15) is 27.2 Å². The largest absolute Gasteiger partial charge is 0.459 e. The Morgan fingerprint density at radius 3 is 2.29 bits per heavy atom. The smallest absolute Gasteiger partial charge is 0.410 e. The third-order valence-corrected chi connectivity index (χ3v) is 2.85. The van der Waals surface area contributed by atoms with Crippen LogP contribution in [-0.2, 0) is 14.0 Å². The standard InChI is InChI=1S/C10H21BO3/c1-5-10(6-12-4)7-13-11(9(2)3)14-8-10/h9H,5-8H2,1-4H3. The quantitative estimate of drug-likeness (QED) is 0.649. The van der Waals surface area contributed by atoms with Gasteiger partial charge in [-0.3, -0.25) is 0 Å². The van der Waals surface area contributed by atoms with Crippen LogP contribution in [0.3, 0.4) is 0 Å². The predicted molar refractivity (Wildman–Crippen MR) is 57.4 cm³/mol. The fraction of sp³-hybridized carbons (Fsp3) is 1.00. The van der Waals surface area contributed by atoms with Crippen molar-refractivity contribution in [2.24, 2.45) is 5.41 Å². The van der Waals surface area contributed by atoms with Crippen LogP contribution >= 0.6 is 0 Å². The second-order valence-corrected chi connectivity index (χ2v) is 4.52. The summed E-state index contributed by atoms with van der Waals surface area (Å²) in [7, 11) is 1.69. The highest BCUT2D eigenvalue weighted by Gasteiger charge is 2.38. The van der Waals surface area contributed by atoms with E-state index in [2.05, 4.69) is 20.8 Å². The monoisotopic (exact) mass is 200 g/mol. The Balaban J connectivity index is 2.46. The third-order valence-electron chi connectivity index (χ3n) is 2.85. The first-order valence-electron chi connectivity index (χ1n) is 5.36. The van der Waals surface area contributed by atoms with Gasteiger partial charge >= 0.3 is 7.12 Å². The molecule has 0 aromatic carbocycles. The first kappa shape index (κ1) is 12.0. The summed E-state index contributed by atoms with van der Waals surface area (Å²) in [6.45, 7) is 8.59. The van der Waals surface area contributed by atoms with Gasteiger partial charge in [-0.15, -0.1) is 0 Å². The van der Waals surface area contributed by atoms with Crippen molar-refractivity contribution in [2.45, 2.75) is 33.0 Å². The number of rotatable bonds is 4. The van der Waals surface area contributed by atoms with Crippen molar-refractivity contribution in [3.63, 3.8) is 0 Å². The van der Waals surface area contributed by atoms with Gasteiger partial charge in [-0.25, -0.2) is 0 Å². The van der Waals surface area contributed by atoms with E-state index in [0.29, 0.717) is 12.4 Å². The van der Waals surface area contributed by atoms with Crippen LogP contribution in [0.2, 0.25) is 5.82 Å². The maximum absolute atomic E-state index is 5.70. The van der Waals surface area contributed by atoms with Crippen molar-refractivity contribution in [1.29, 1.82) is 0 Å². The third kappa shape index (κ3) is 2.72. The molecule has 1 aliphatic heterocycles. The lowest BCUT2D eigenvalue weighted by molar-refractivity contribution is -0.0465. The van der Waals surface area contributed by atoms with Crippen molar-refractivity contribution in [1.82, 2.24) is 0 Å². The van der Waals surface area contributed by atoms with Gasteiger partial charge in [-0.05, 0) is 12.2 Å². The number of hydrogen-bond acceptors (Lipinski definition) is 3. The Bertz CT molecular complexity index is 165. The summed E-state index contributed by atoms with van der Waals surface area (Å²) in [5, 5.41) is 0. The van der Waals surface area contributed by atoms with Crippen LogP contribution in [0, 0.1) is 5.41 Å². The van der Waals surface area contributed by atoms with E-state index in [1.165, 1.54) is 0 Å². The molecule has 14 heavy (non-hydrogen) atoms. The Kier molecular flexibility index (Phi) is 4.42. The zero-order valence-corrected chi connectivity index (χ0v) is 9.71. The molecule has 0 N–H and O–H groups in total. The second kappa shape index (κ2) is 5.15. The summed E-state index contributed by atoms with van der Waals surface area (Å²) in [6.07, 6.45) is 1.03. The molecule has 1 heterocycles. The van der Waals surface area contributed by atoms with Crippen molar-refractivity contribution in [3.05, 3.63) is 0 Å². The molecule has 82 valence electrons. The van der Waals surface area contributed by atoms with E-state index >= 15 is 0 Å². The normalized spacial score (nSPS) is 21.6. The van der Waals surface area contributed by atoms with Crippen LogP contribution in [0.25, 0.3) is 0 Å². The van der Waals surface area contributed by atoms with E-state index in [1.807, 2.05) is 0 Å². The first-order valence-corrected chi connectivity index (χ1v) is 5.36. The van der Waals surface area contributed by atoms with Gasteiger partial charge in [0.1, 0.15) is 0 Å². The maximum atomic E-state index is 5.70. The van der Waals surface area contributed by atoms with Crippen LogP contribution in [0.15, 0.2) is 0 Å². The van der Waals surface area contributed by atoms with Crippen molar-refractivity contribution < 1.29 is 14.0 Å². The van der Waals surface area contributed by atoms with Gasteiger partial charge in [0.2, 0.25) is 0 Å². The maximum Gasteiger partial charge on any atom is 0.459 e. The minimum Gasteiger partial charge on any atom is -0.410 e. The van der Waals surface area contributed by atoms with Gasteiger partial charge in [0, 0.05) is 25.7 Å². The zero-order chi connectivity index (χ0) is 10.6. The van der Waals surface area contributed by atoms with Crippen LogP contribution in [0.4, 0.5) is 0 Å². The minimum atomic E-state index is -0.0356. The average Bonchev–Trinajstić information content (AvgIpc) is 2.19. The molecule has 0 amide bonds. The molecular formula is C10H21BO3. The molecule has 0 radical (unpaired) electrons. The Labute approximate surface area is 87.3 Å². The van der Waals surface area contributed by atoms with Gasteiger partial charge in [0.05, 0.1) is 6.61 Å². The molecule has 1 fully saturated rings. The lowest BCUT2D eigenvalue weighted by Crippen LogP contribution is -2.47. The lowest BCUT2D eigenvalue weighted by Gasteiger charge is -2.38. The molecule has 4 heteroatoms. The van der Waals surface area contributed by atoms with Gasteiger partial charge in [-0.1, -0.05) is 20.8 Å². The van der Waals surface area contributed by atoms with Gasteiger partial charge in [-0.2, -0.15) is 0 Å². The second-order valence-electron chi connectivity index (χ2n) is 4.52. The lowest BCUT2D eigenvalue weighted by atomic mass is 9.71. The molecule has 1 saturated heterocycles. The van der Waals surface area contributed by atoms with Crippen LogP contribution in [-0.4, -0.2) is 34.0 Å². The summed E-state index contributed by atoms with van der Waals surface area (Å²) in [4.78, 5) is 0. The van der Waals surface area contributed by atoms with E-state index < -0.39 is 0 Å². The minimum absolute atomic E-state index is 0.0356. The molecule has 0 aromatic rings. The molecule has 0 spiro atoms. The highest BCUT2D eigenvalue weighted by molar-refractivity contribution is 6.46. The number of ether oxygens (including phenoxy) is 1. The predicted octanol–water partition coefficient (Wildman–Crippen LogP) is 1.97.